The number of aliphatic carboxylic acids is 1. The lowest BCUT2D eigenvalue weighted by Crippen LogP contribution is -2.44. The van der Waals surface area contributed by atoms with Crippen molar-refractivity contribution in [3.05, 3.63) is 76.1 Å². The molecule has 0 fully saturated rings. The van der Waals surface area contributed by atoms with Crippen LogP contribution in [0.5, 0.6) is 0 Å². The molecule has 0 saturated heterocycles. The molecule has 0 radical (unpaired) electrons. The molecule has 222 valence electrons. The van der Waals surface area contributed by atoms with Gasteiger partial charge in [0.1, 0.15) is 11.6 Å². The Kier molecular flexibility index (Phi) is 7.99. The van der Waals surface area contributed by atoms with Gasteiger partial charge in [-0.1, -0.05) is 42.5 Å². The zero-order valence-electron chi connectivity index (χ0n) is 24.1. The second kappa shape index (κ2) is 11.0. The summed E-state index contributed by atoms with van der Waals surface area (Å²) in [5, 5.41) is 12.8. The molecule has 42 heavy (non-hydrogen) atoms. The number of carboxylic acid groups (broad SMARTS) is 1. The summed E-state index contributed by atoms with van der Waals surface area (Å²) in [6.45, 7) is 4.92. The number of halogens is 3. The number of carbonyl (C=O) groups is 2. The maximum absolute atomic E-state index is 14.7. The number of nitrogens with zero attached hydrogens (tertiary/aromatic N) is 2. The molecule has 8 nitrogen and oxygen atoms in total. The molecular formula is C31H32F3N3O5. The number of aromatic nitrogens is 1. The van der Waals surface area contributed by atoms with Gasteiger partial charge in [-0.3, -0.25) is 4.79 Å². The zero-order valence-corrected chi connectivity index (χ0v) is 24.1. The molecule has 0 aliphatic carbocycles. The van der Waals surface area contributed by atoms with Gasteiger partial charge in [0.25, 0.3) is 5.56 Å². The van der Waals surface area contributed by atoms with E-state index >= 15 is 0 Å². The first-order valence-corrected chi connectivity index (χ1v) is 13.1. The van der Waals surface area contributed by atoms with E-state index in [-0.39, 0.29) is 22.9 Å². The first kappa shape index (κ1) is 30.4. The van der Waals surface area contributed by atoms with E-state index in [1.54, 1.807) is 76.2 Å². The number of hydrogen-bond acceptors (Lipinski definition) is 5. The molecule has 11 heteroatoms. The third-order valence-corrected chi connectivity index (χ3v) is 6.88. The van der Waals surface area contributed by atoms with E-state index in [4.69, 9.17) is 4.74 Å². The van der Waals surface area contributed by atoms with Crippen LogP contribution in [0.25, 0.3) is 32.8 Å². The smallest absolute Gasteiger partial charge is 0.417 e. The molecular weight excluding hydrogens is 551 g/mol. The lowest BCUT2D eigenvalue weighted by atomic mass is 9.90. The van der Waals surface area contributed by atoms with Crippen LogP contribution >= 0.6 is 0 Å². The lowest BCUT2D eigenvalue weighted by Gasteiger charge is -2.22. The molecule has 1 aromatic heterocycles. The first-order valence-electron chi connectivity index (χ1n) is 13.1. The van der Waals surface area contributed by atoms with Crippen molar-refractivity contribution in [2.75, 3.05) is 19.0 Å². The lowest BCUT2D eigenvalue weighted by molar-refractivity contribution is -0.139. The SMILES string of the molecule is CN(C)c1ccc2c(C(F)(F)F)c(-c3cccc4c(C[C@H](NC(=O)OC(C)(C)C)C(=O)O)cccc34)c(=O)n(C)c2c1. The van der Waals surface area contributed by atoms with Crippen molar-refractivity contribution in [3.63, 3.8) is 0 Å². The first-order chi connectivity index (χ1) is 19.5. The summed E-state index contributed by atoms with van der Waals surface area (Å²) in [6.07, 6.45) is -5.95. The maximum Gasteiger partial charge on any atom is 0.417 e. The Bertz CT molecular complexity index is 1750. The minimum Gasteiger partial charge on any atom is -0.480 e. The van der Waals surface area contributed by atoms with E-state index in [2.05, 4.69) is 5.32 Å². The van der Waals surface area contributed by atoms with Gasteiger partial charge in [0, 0.05) is 38.6 Å². The molecule has 1 atom stereocenters. The van der Waals surface area contributed by atoms with Gasteiger partial charge in [-0.05, 0) is 54.8 Å². The molecule has 3 aromatic carbocycles. The van der Waals surface area contributed by atoms with Crippen LogP contribution < -0.4 is 15.8 Å². The summed E-state index contributed by atoms with van der Waals surface area (Å²) in [7, 11) is 4.94. The summed E-state index contributed by atoms with van der Waals surface area (Å²) >= 11 is 0. The fraction of sp³-hybridized carbons (Fsp3) is 0.323. The Morgan fingerprint density at radius 3 is 2.24 bits per heavy atom. The van der Waals surface area contributed by atoms with Crippen molar-refractivity contribution in [2.45, 2.75) is 45.0 Å². The highest BCUT2D eigenvalue weighted by Gasteiger charge is 2.38. The third kappa shape index (κ3) is 6.05. The summed E-state index contributed by atoms with van der Waals surface area (Å²) in [5.41, 5.74) is -1.91. The Labute approximate surface area is 240 Å². The second-order valence-electron chi connectivity index (χ2n) is 11.3. The molecule has 0 bridgehead atoms. The number of hydrogen-bond donors (Lipinski definition) is 2. The predicted molar refractivity (Wildman–Crippen MR) is 156 cm³/mol. The van der Waals surface area contributed by atoms with Gasteiger partial charge in [0.15, 0.2) is 0 Å². The number of amides is 1. The fourth-order valence-electron chi connectivity index (χ4n) is 4.99. The number of anilines is 1. The minimum absolute atomic E-state index is 0.0628. The van der Waals surface area contributed by atoms with Gasteiger partial charge in [-0.25, -0.2) is 9.59 Å². The number of benzene rings is 3. The highest BCUT2D eigenvalue weighted by Crippen LogP contribution is 2.42. The number of carbonyl (C=O) groups excluding carboxylic acids is 1. The van der Waals surface area contributed by atoms with E-state index in [1.807, 2.05) is 0 Å². The van der Waals surface area contributed by atoms with Gasteiger partial charge in [0.05, 0.1) is 16.6 Å². The van der Waals surface area contributed by atoms with Crippen LogP contribution in [-0.4, -0.2) is 47.5 Å². The van der Waals surface area contributed by atoms with Crippen LogP contribution in [0.3, 0.4) is 0 Å². The quantitative estimate of drug-likeness (QED) is 0.290. The van der Waals surface area contributed by atoms with E-state index in [0.29, 0.717) is 22.0 Å². The predicted octanol–water partition coefficient (Wildman–Crippen LogP) is 5.96. The van der Waals surface area contributed by atoms with Gasteiger partial charge in [0.2, 0.25) is 0 Å². The monoisotopic (exact) mass is 583 g/mol. The normalized spacial score (nSPS) is 12.8. The third-order valence-electron chi connectivity index (χ3n) is 6.88. The maximum atomic E-state index is 14.7. The van der Waals surface area contributed by atoms with E-state index < -0.39 is 46.6 Å². The van der Waals surface area contributed by atoms with Crippen molar-refractivity contribution < 1.29 is 32.6 Å². The Hall–Kier alpha value is -4.54. The Morgan fingerprint density at radius 1 is 1.00 bits per heavy atom. The molecule has 4 rings (SSSR count). The number of alkyl carbamates (subject to hydrolysis) is 1. The molecule has 2 N–H and O–H groups in total. The number of nitrogens with one attached hydrogen (secondary N) is 1. The second-order valence-corrected chi connectivity index (χ2v) is 11.3. The number of rotatable bonds is 6. The minimum atomic E-state index is -4.86. The van der Waals surface area contributed by atoms with Crippen molar-refractivity contribution in [1.82, 2.24) is 9.88 Å². The average molecular weight is 584 g/mol. The fourth-order valence-corrected chi connectivity index (χ4v) is 4.99. The summed E-state index contributed by atoms with van der Waals surface area (Å²) in [4.78, 5) is 39.7. The van der Waals surface area contributed by atoms with Crippen LogP contribution in [0.1, 0.15) is 31.9 Å². The van der Waals surface area contributed by atoms with Crippen molar-refractivity contribution in [1.29, 1.82) is 0 Å². The van der Waals surface area contributed by atoms with Crippen LogP contribution in [0.2, 0.25) is 0 Å². The molecule has 0 aliphatic rings. The van der Waals surface area contributed by atoms with E-state index in [1.165, 1.54) is 29.8 Å². The standard InChI is InChI=1S/C31H32F3N3O5/c1-30(2,3)42-29(41)35-23(28(39)40)15-17-9-7-11-20-19(17)10-8-12-21(20)25-26(31(32,33)34)22-14-13-18(36(4)5)16-24(22)37(6)27(25)38/h7-14,16,23H,15H2,1-6H3,(H,35,41)(H,39,40)/t23-/m0/s1. The molecule has 0 spiro atoms. The largest absolute Gasteiger partial charge is 0.480 e. The topological polar surface area (TPSA) is 101 Å². The highest BCUT2D eigenvalue weighted by molar-refractivity contribution is 6.02. The van der Waals surface area contributed by atoms with Crippen LogP contribution in [0, 0.1) is 0 Å². The molecule has 1 amide bonds. The summed E-state index contributed by atoms with van der Waals surface area (Å²) in [6, 6.07) is 12.5. The number of carboxylic acids is 1. The van der Waals surface area contributed by atoms with Gasteiger partial charge >= 0.3 is 18.2 Å². The molecule has 0 aliphatic heterocycles. The average Bonchev–Trinajstić information content (AvgIpc) is 2.88. The number of pyridine rings is 1. The number of fused-ring (bicyclic) bond motifs is 2. The molecule has 4 aromatic rings. The van der Waals surface area contributed by atoms with Crippen molar-refractivity contribution in [3.8, 4) is 11.1 Å². The highest BCUT2D eigenvalue weighted by atomic mass is 19.4. The van der Waals surface area contributed by atoms with Gasteiger partial charge < -0.3 is 24.6 Å². The zero-order chi connectivity index (χ0) is 31.1. The number of ether oxygens (including phenoxy) is 1. The van der Waals surface area contributed by atoms with Crippen LogP contribution in [-0.2, 0) is 29.2 Å². The van der Waals surface area contributed by atoms with E-state index in [9.17, 15) is 32.7 Å². The number of alkyl halides is 3. The molecule has 0 saturated carbocycles. The molecule has 1 heterocycles. The van der Waals surface area contributed by atoms with Crippen LogP contribution in [0.4, 0.5) is 23.7 Å². The van der Waals surface area contributed by atoms with Gasteiger partial charge in [-0.2, -0.15) is 13.2 Å². The van der Waals surface area contributed by atoms with Gasteiger partial charge in [-0.15, -0.1) is 0 Å². The molecule has 0 unspecified atom stereocenters. The van der Waals surface area contributed by atoms with Crippen molar-refractivity contribution in [2.24, 2.45) is 7.05 Å². The number of aryl methyl sites for hydroxylation is 1. The van der Waals surface area contributed by atoms with Crippen molar-refractivity contribution >= 4 is 39.4 Å². The summed E-state index contributed by atoms with van der Waals surface area (Å²) < 4.78 is 50.6. The summed E-state index contributed by atoms with van der Waals surface area (Å²) in [5.74, 6) is -1.31. The van der Waals surface area contributed by atoms with E-state index in [0.717, 1.165) is 0 Å². The Morgan fingerprint density at radius 2 is 1.64 bits per heavy atom. The Balaban J connectivity index is 1.92. The van der Waals surface area contributed by atoms with Crippen LogP contribution in [0.15, 0.2) is 59.4 Å².